The fourth-order valence-electron chi connectivity index (χ4n) is 5.07. The molecule has 3 aromatic heterocycles. The van der Waals surface area contributed by atoms with Crippen LogP contribution in [0.3, 0.4) is 0 Å². The number of amides is 1. The monoisotopic (exact) mass is 571 g/mol. The van der Waals surface area contributed by atoms with E-state index >= 15 is 4.39 Å². The Labute approximate surface area is 233 Å². The third kappa shape index (κ3) is 6.24. The number of carbonyl (C=O) groups excluding carboxylic acids is 1. The van der Waals surface area contributed by atoms with Gasteiger partial charge < -0.3 is 19.9 Å². The highest BCUT2D eigenvalue weighted by atomic mass is 19.4. The summed E-state index contributed by atoms with van der Waals surface area (Å²) in [7, 11) is 1.52. The molecule has 9 nitrogen and oxygen atoms in total. The molecule has 4 aromatic rings. The number of ether oxygens (including phenoxy) is 1. The maximum absolute atomic E-state index is 15.1. The third-order valence-electron chi connectivity index (χ3n) is 7.23. The molecule has 1 aliphatic heterocycles. The molecule has 1 atom stereocenters. The molecule has 0 spiro atoms. The van der Waals surface area contributed by atoms with Gasteiger partial charge in [-0.2, -0.15) is 13.2 Å². The molecule has 0 radical (unpaired) electrons. The molecule has 2 N–H and O–H groups in total. The second-order valence-electron chi connectivity index (χ2n) is 9.90. The van der Waals surface area contributed by atoms with Gasteiger partial charge in [0.25, 0.3) is 0 Å². The highest BCUT2D eigenvalue weighted by molar-refractivity contribution is 5.86. The zero-order valence-electron chi connectivity index (χ0n) is 22.7. The summed E-state index contributed by atoms with van der Waals surface area (Å²) in [6.07, 6.45) is -2.70. The number of aromatic amines is 1. The molecular formula is C28H29F4N7O2. The molecule has 4 heterocycles. The number of pyridine rings is 2. The Hall–Kier alpha value is -4.26. The minimum Gasteiger partial charge on any atom is -0.494 e. The number of alkyl halides is 3. The molecule has 1 saturated heterocycles. The van der Waals surface area contributed by atoms with Gasteiger partial charge >= 0.3 is 6.18 Å². The average Bonchev–Trinajstić information content (AvgIpc) is 3.32. The molecule has 0 bridgehead atoms. The van der Waals surface area contributed by atoms with Gasteiger partial charge in [0.15, 0.2) is 0 Å². The average molecular weight is 572 g/mol. The van der Waals surface area contributed by atoms with Crippen molar-refractivity contribution in [2.24, 2.45) is 0 Å². The number of halogens is 4. The number of fused-ring (bicyclic) bond motifs is 1. The number of aryl methyl sites for hydroxylation is 1. The molecule has 1 aliphatic rings. The number of imidazole rings is 1. The van der Waals surface area contributed by atoms with Gasteiger partial charge in [0.1, 0.15) is 23.8 Å². The molecule has 13 heteroatoms. The van der Waals surface area contributed by atoms with Crippen LogP contribution in [0.5, 0.6) is 5.75 Å². The van der Waals surface area contributed by atoms with Gasteiger partial charge in [-0.15, -0.1) is 0 Å². The summed E-state index contributed by atoms with van der Waals surface area (Å²) < 4.78 is 58.3. The highest BCUT2D eigenvalue weighted by Gasteiger charge is 2.35. The third-order valence-corrected chi connectivity index (χ3v) is 7.23. The summed E-state index contributed by atoms with van der Waals surface area (Å²) in [6.45, 7) is 5.16. The predicted molar refractivity (Wildman–Crippen MR) is 145 cm³/mol. The molecule has 1 fully saturated rings. The van der Waals surface area contributed by atoms with Crippen molar-refractivity contribution in [3.05, 3.63) is 59.8 Å². The van der Waals surface area contributed by atoms with Crippen molar-refractivity contribution in [1.29, 1.82) is 0 Å². The lowest BCUT2D eigenvalue weighted by molar-refractivity contribution is -0.162. The number of piperazine rings is 1. The van der Waals surface area contributed by atoms with E-state index in [-0.39, 0.29) is 19.1 Å². The van der Waals surface area contributed by atoms with Crippen LogP contribution in [0.1, 0.15) is 30.6 Å². The Morgan fingerprint density at radius 1 is 1.10 bits per heavy atom. The molecule has 1 unspecified atom stereocenters. The van der Waals surface area contributed by atoms with E-state index in [0.717, 1.165) is 5.56 Å². The number of rotatable bonds is 7. The molecule has 41 heavy (non-hydrogen) atoms. The lowest BCUT2D eigenvalue weighted by Crippen LogP contribution is -2.50. The topological polar surface area (TPSA) is 99.3 Å². The van der Waals surface area contributed by atoms with Crippen LogP contribution in [-0.4, -0.2) is 75.1 Å². The summed E-state index contributed by atoms with van der Waals surface area (Å²) in [6, 6.07) is 8.38. The highest BCUT2D eigenvalue weighted by Crippen LogP contribution is 2.35. The van der Waals surface area contributed by atoms with Gasteiger partial charge in [-0.3, -0.25) is 14.7 Å². The van der Waals surface area contributed by atoms with Crippen molar-refractivity contribution in [1.82, 2.24) is 29.7 Å². The van der Waals surface area contributed by atoms with Gasteiger partial charge in [0.2, 0.25) is 11.9 Å². The van der Waals surface area contributed by atoms with Crippen molar-refractivity contribution in [2.45, 2.75) is 32.5 Å². The van der Waals surface area contributed by atoms with E-state index in [2.05, 4.69) is 30.2 Å². The smallest absolute Gasteiger partial charge is 0.397 e. The molecule has 0 saturated carbocycles. The number of hydrogen-bond donors (Lipinski definition) is 2. The van der Waals surface area contributed by atoms with E-state index in [0.29, 0.717) is 58.5 Å². The number of hydrogen-bond acceptors (Lipinski definition) is 7. The fraction of sp³-hybridized carbons (Fsp3) is 0.357. The van der Waals surface area contributed by atoms with Crippen molar-refractivity contribution in [3.63, 3.8) is 0 Å². The van der Waals surface area contributed by atoms with Crippen molar-refractivity contribution < 1.29 is 27.1 Å². The van der Waals surface area contributed by atoms with Gasteiger partial charge in [-0.1, -0.05) is 0 Å². The van der Waals surface area contributed by atoms with Crippen LogP contribution in [-0.2, 0) is 4.79 Å². The summed E-state index contributed by atoms with van der Waals surface area (Å²) in [5, 5.41) is 3.13. The zero-order chi connectivity index (χ0) is 29.3. The first-order valence-corrected chi connectivity index (χ1v) is 13.0. The second kappa shape index (κ2) is 11.3. The van der Waals surface area contributed by atoms with E-state index in [1.165, 1.54) is 18.1 Å². The molecule has 1 amide bonds. The molecule has 0 aliphatic carbocycles. The molecular weight excluding hydrogens is 542 g/mol. The van der Waals surface area contributed by atoms with Crippen LogP contribution in [0.25, 0.3) is 22.2 Å². The standard InChI is InChI=1S/C28H29F4N7O2/c1-16-26(41-3)19(5-7-33-16)20-13-22-23(14-21(20)29)36-27(35-22)37-24-12-18(4-6-34-24)17(2)38-8-10-39(11-9-38)25(40)15-28(30,31)32/h4-7,12-14,17H,8-11,15H2,1-3H3,(H2,34,35,36,37). The van der Waals surface area contributed by atoms with Gasteiger partial charge in [0.05, 0.1) is 23.8 Å². The number of anilines is 2. The van der Waals surface area contributed by atoms with E-state index in [1.807, 2.05) is 19.1 Å². The number of methoxy groups -OCH3 is 1. The lowest BCUT2D eigenvalue weighted by atomic mass is 10.0. The Morgan fingerprint density at radius 3 is 2.54 bits per heavy atom. The quantitative estimate of drug-likeness (QED) is 0.288. The van der Waals surface area contributed by atoms with E-state index in [4.69, 9.17) is 4.74 Å². The Kier molecular flexibility index (Phi) is 7.80. The number of H-pyrrole nitrogens is 1. The largest absolute Gasteiger partial charge is 0.494 e. The Balaban J connectivity index is 1.29. The maximum Gasteiger partial charge on any atom is 0.397 e. The summed E-state index contributed by atoms with van der Waals surface area (Å²) in [5.41, 5.74) is 3.56. The zero-order valence-corrected chi connectivity index (χ0v) is 22.7. The van der Waals surface area contributed by atoms with Gasteiger partial charge in [0, 0.05) is 61.8 Å². The Morgan fingerprint density at radius 2 is 1.83 bits per heavy atom. The van der Waals surface area contributed by atoms with Crippen LogP contribution < -0.4 is 10.1 Å². The Bertz CT molecular complexity index is 1570. The van der Waals surface area contributed by atoms with E-state index in [9.17, 15) is 18.0 Å². The molecule has 5 rings (SSSR count). The van der Waals surface area contributed by atoms with E-state index < -0.39 is 24.3 Å². The number of aromatic nitrogens is 4. The normalized spacial score (nSPS) is 15.2. The summed E-state index contributed by atoms with van der Waals surface area (Å²) in [5.74, 6) is 0.0396. The first-order valence-electron chi connectivity index (χ1n) is 13.0. The van der Waals surface area contributed by atoms with E-state index in [1.54, 1.807) is 31.5 Å². The van der Waals surface area contributed by atoms with Gasteiger partial charge in [-0.05, 0) is 43.7 Å². The maximum atomic E-state index is 15.1. The molecule has 1 aromatic carbocycles. The van der Waals surface area contributed by atoms with Crippen molar-refractivity contribution in [3.8, 4) is 16.9 Å². The number of carbonyl (C=O) groups is 1. The second-order valence-corrected chi connectivity index (χ2v) is 9.90. The SMILES string of the molecule is COc1c(-c2cc3[nH]c(Nc4cc(C(C)N5CCN(C(=O)CC(F)(F)F)CC5)ccn4)nc3cc2F)ccnc1C. The number of nitrogens with one attached hydrogen (secondary N) is 2. The summed E-state index contributed by atoms with van der Waals surface area (Å²) in [4.78, 5) is 31.5. The van der Waals surface area contributed by atoms with Crippen LogP contribution in [0.4, 0.5) is 29.3 Å². The van der Waals surface area contributed by atoms with Crippen molar-refractivity contribution >= 4 is 28.7 Å². The van der Waals surface area contributed by atoms with Gasteiger partial charge in [-0.25, -0.2) is 14.4 Å². The first kappa shape index (κ1) is 28.3. The number of benzene rings is 1. The van der Waals surface area contributed by atoms with Crippen LogP contribution in [0, 0.1) is 12.7 Å². The minimum atomic E-state index is -4.51. The van der Waals surface area contributed by atoms with Crippen LogP contribution in [0.2, 0.25) is 0 Å². The van der Waals surface area contributed by atoms with Crippen molar-refractivity contribution in [2.75, 3.05) is 38.6 Å². The minimum absolute atomic E-state index is 0.0652. The first-order chi connectivity index (χ1) is 19.5. The van der Waals surface area contributed by atoms with Crippen LogP contribution in [0.15, 0.2) is 42.7 Å². The molecule has 216 valence electrons. The lowest BCUT2D eigenvalue weighted by Gasteiger charge is -2.38. The van der Waals surface area contributed by atoms with Crippen LogP contribution >= 0.6 is 0 Å². The predicted octanol–water partition coefficient (Wildman–Crippen LogP) is 5.38. The number of nitrogens with zero attached hydrogens (tertiary/aromatic N) is 5. The fourth-order valence-corrected chi connectivity index (χ4v) is 5.07. The summed E-state index contributed by atoms with van der Waals surface area (Å²) >= 11 is 0.